The molecule has 2 aromatic carbocycles. The van der Waals surface area contributed by atoms with E-state index in [4.69, 9.17) is 27.9 Å². The molecule has 0 radical (unpaired) electrons. The molecule has 0 atom stereocenters. The van der Waals surface area contributed by atoms with Crippen LogP contribution in [0.4, 0.5) is 5.69 Å². The van der Waals surface area contributed by atoms with Crippen LogP contribution in [-0.4, -0.2) is 23.1 Å². The summed E-state index contributed by atoms with van der Waals surface area (Å²) in [6.45, 7) is 7.60. The van der Waals surface area contributed by atoms with Gasteiger partial charge in [0.25, 0.3) is 5.91 Å². The topological polar surface area (TPSA) is 51.5 Å². The van der Waals surface area contributed by atoms with Gasteiger partial charge in [-0.2, -0.15) is 0 Å². The van der Waals surface area contributed by atoms with Gasteiger partial charge in [-0.3, -0.25) is 9.69 Å². The number of esters is 1. The molecule has 0 spiro atoms. The third kappa shape index (κ3) is 4.70. The molecule has 0 aliphatic carbocycles. The van der Waals surface area contributed by atoms with Crippen LogP contribution >= 0.6 is 39.1 Å². The van der Waals surface area contributed by atoms with Crippen LogP contribution in [0, 0.1) is 13.8 Å². The smallest absolute Gasteiger partial charge is 0.340 e. The van der Waals surface area contributed by atoms with E-state index in [1.807, 2.05) is 54.8 Å². The largest absolute Gasteiger partial charge is 0.462 e. The Bertz CT molecular complexity index is 1400. The van der Waals surface area contributed by atoms with Gasteiger partial charge in [-0.25, -0.2) is 4.79 Å². The molecule has 5 nitrogen and oxygen atoms in total. The zero-order valence-corrected chi connectivity index (χ0v) is 22.8. The highest BCUT2D eigenvalue weighted by atomic mass is 79.9. The molecule has 0 saturated heterocycles. The van der Waals surface area contributed by atoms with Gasteiger partial charge in [0, 0.05) is 32.3 Å². The zero-order chi connectivity index (χ0) is 25.4. The fourth-order valence-corrected chi connectivity index (χ4v) is 5.06. The first-order valence-electron chi connectivity index (χ1n) is 11.0. The van der Waals surface area contributed by atoms with Crippen LogP contribution in [0.2, 0.25) is 10.0 Å². The first-order valence-corrected chi connectivity index (χ1v) is 12.5. The lowest BCUT2D eigenvalue weighted by atomic mass is 10.0. The Hall–Kier alpha value is -2.80. The Balaban J connectivity index is 1.85. The fourth-order valence-electron chi connectivity index (χ4n) is 4.30. The molecule has 0 saturated carbocycles. The summed E-state index contributed by atoms with van der Waals surface area (Å²) < 4.78 is 8.20. The van der Waals surface area contributed by atoms with Crippen LogP contribution in [0.3, 0.4) is 0 Å². The summed E-state index contributed by atoms with van der Waals surface area (Å²) in [5.74, 6) is -0.819. The minimum Gasteiger partial charge on any atom is -0.462 e. The predicted octanol–water partition coefficient (Wildman–Crippen LogP) is 7.43. The lowest BCUT2D eigenvalue weighted by Crippen LogP contribution is -2.24. The molecule has 0 fully saturated rings. The molecule has 3 aromatic rings. The predicted molar refractivity (Wildman–Crippen MR) is 144 cm³/mol. The fraction of sp³-hybridized carbons (Fsp3) is 0.185. The molecule has 2 heterocycles. The van der Waals surface area contributed by atoms with Crippen molar-refractivity contribution in [3.8, 4) is 5.69 Å². The van der Waals surface area contributed by atoms with Crippen molar-refractivity contribution >= 4 is 62.8 Å². The van der Waals surface area contributed by atoms with E-state index >= 15 is 0 Å². The number of hydrogen-bond donors (Lipinski definition) is 0. The van der Waals surface area contributed by atoms with Crippen molar-refractivity contribution in [3.05, 3.63) is 96.8 Å². The van der Waals surface area contributed by atoms with E-state index in [0.717, 1.165) is 27.1 Å². The van der Waals surface area contributed by atoms with Crippen molar-refractivity contribution < 1.29 is 14.3 Å². The van der Waals surface area contributed by atoms with E-state index in [-0.39, 0.29) is 23.7 Å². The van der Waals surface area contributed by atoms with Crippen LogP contribution in [0.15, 0.2) is 69.8 Å². The van der Waals surface area contributed by atoms with E-state index in [1.165, 1.54) is 0 Å². The average Bonchev–Trinajstić information content (AvgIpc) is 3.21. The Kier molecular flexibility index (Phi) is 7.27. The summed E-state index contributed by atoms with van der Waals surface area (Å²) in [6.07, 6.45) is 1.75. The highest BCUT2D eigenvalue weighted by Gasteiger charge is 2.38. The third-order valence-electron chi connectivity index (χ3n) is 5.89. The van der Waals surface area contributed by atoms with Gasteiger partial charge in [0.15, 0.2) is 0 Å². The number of rotatable bonds is 5. The van der Waals surface area contributed by atoms with Crippen molar-refractivity contribution in [1.29, 1.82) is 0 Å². The summed E-state index contributed by atoms with van der Waals surface area (Å²) in [7, 11) is 0. The number of anilines is 1. The van der Waals surface area contributed by atoms with Gasteiger partial charge in [0.05, 0.1) is 28.5 Å². The summed E-state index contributed by atoms with van der Waals surface area (Å²) in [4.78, 5) is 28.1. The van der Waals surface area contributed by atoms with Crippen molar-refractivity contribution in [2.24, 2.45) is 0 Å². The molecule has 0 N–H and O–H groups in total. The minimum absolute atomic E-state index is 0.207. The van der Waals surface area contributed by atoms with Crippen molar-refractivity contribution in [2.45, 2.75) is 27.7 Å². The van der Waals surface area contributed by atoms with E-state index in [2.05, 4.69) is 15.9 Å². The van der Waals surface area contributed by atoms with Crippen LogP contribution < -0.4 is 4.90 Å². The monoisotopic (exact) mass is 572 g/mol. The maximum atomic E-state index is 13.6. The molecule has 35 heavy (non-hydrogen) atoms. The molecule has 8 heteroatoms. The Morgan fingerprint density at radius 3 is 2.37 bits per heavy atom. The molecule has 0 bridgehead atoms. The van der Waals surface area contributed by atoms with Gasteiger partial charge in [-0.05, 0) is 87.9 Å². The Morgan fingerprint density at radius 1 is 1.06 bits per heavy atom. The van der Waals surface area contributed by atoms with Crippen molar-refractivity contribution in [2.75, 3.05) is 11.5 Å². The molecule has 1 aliphatic rings. The second kappa shape index (κ2) is 10.1. The van der Waals surface area contributed by atoms with Gasteiger partial charge < -0.3 is 9.30 Å². The van der Waals surface area contributed by atoms with E-state index in [9.17, 15) is 9.59 Å². The maximum Gasteiger partial charge on any atom is 0.340 e. The number of carbonyl (C=O) groups is 2. The lowest BCUT2D eigenvalue weighted by Gasteiger charge is -2.18. The first kappa shape index (κ1) is 25.3. The quantitative estimate of drug-likeness (QED) is 0.235. The van der Waals surface area contributed by atoms with Gasteiger partial charge in [0.2, 0.25) is 0 Å². The van der Waals surface area contributed by atoms with Gasteiger partial charge in [-0.1, -0.05) is 39.1 Å². The number of ether oxygens (including phenoxy) is 1. The molecular formula is C27H23BrCl2N2O3. The molecule has 4 rings (SSSR count). The zero-order valence-electron chi connectivity index (χ0n) is 19.7. The molecule has 1 amide bonds. The summed E-state index contributed by atoms with van der Waals surface area (Å²) in [5.41, 5.74) is 5.10. The number of aryl methyl sites for hydroxylation is 1. The summed E-state index contributed by atoms with van der Waals surface area (Å²) in [6, 6.07) is 14.6. The number of benzene rings is 2. The van der Waals surface area contributed by atoms with Crippen molar-refractivity contribution in [3.63, 3.8) is 0 Å². The number of aromatic nitrogens is 1. The minimum atomic E-state index is -0.529. The molecular weight excluding hydrogens is 551 g/mol. The van der Waals surface area contributed by atoms with Crippen LogP contribution in [0.25, 0.3) is 11.8 Å². The summed E-state index contributed by atoms with van der Waals surface area (Å²) >= 11 is 16.0. The average molecular weight is 574 g/mol. The second-order valence-electron chi connectivity index (χ2n) is 8.11. The van der Waals surface area contributed by atoms with E-state index in [0.29, 0.717) is 21.4 Å². The number of nitrogens with zero attached hydrogens (tertiary/aromatic N) is 2. The highest BCUT2D eigenvalue weighted by molar-refractivity contribution is 9.10. The Morgan fingerprint density at radius 2 is 1.74 bits per heavy atom. The van der Waals surface area contributed by atoms with E-state index < -0.39 is 5.97 Å². The van der Waals surface area contributed by atoms with E-state index in [1.54, 1.807) is 37.0 Å². The second-order valence-corrected chi connectivity index (χ2v) is 9.87. The number of halogens is 3. The summed E-state index contributed by atoms with van der Waals surface area (Å²) in [5, 5.41) is 1.06. The highest BCUT2D eigenvalue weighted by Crippen LogP contribution is 2.37. The number of carbonyl (C=O) groups excluding carboxylic acids is 2. The van der Waals surface area contributed by atoms with Crippen LogP contribution in [-0.2, 0) is 14.3 Å². The maximum absolute atomic E-state index is 13.6. The normalized spacial score (nSPS) is 14.9. The third-order valence-corrected chi connectivity index (χ3v) is 6.95. The SMILES string of the molecule is CCOC(=O)C1=C(C)N(c2ccc(Br)cc2)C(=O)/C1=C\c1cc(C)n(-c2ccc(Cl)cc2Cl)c1C. The van der Waals surface area contributed by atoms with Crippen molar-refractivity contribution in [1.82, 2.24) is 4.57 Å². The number of allylic oxidation sites excluding steroid dienone is 1. The molecule has 1 aliphatic heterocycles. The number of hydrogen-bond acceptors (Lipinski definition) is 3. The van der Waals surface area contributed by atoms with Crippen LogP contribution in [0.5, 0.6) is 0 Å². The standard InChI is InChI=1S/C27H23BrCl2N2O3/c1-5-35-27(34)25-17(4)32(21-9-6-19(28)7-10-21)26(33)22(25)13-18-12-15(2)31(16(18)3)24-11-8-20(29)14-23(24)30/h6-14H,5H2,1-4H3/b22-13-. The molecule has 1 aromatic heterocycles. The van der Waals surface area contributed by atoms with Gasteiger partial charge >= 0.3 is 5.97 Å². The van der Waals surface area contributed by atoms with Gasteiger partial charge in [0.1, 0.15) is 0 Å². The van der Waals surface area contributed by atoms with Gasteiger partial charge in [-0.15, -0.1) is 0 Å². The first-order chi connectivity index (χ1) is 16.6. The van der Waals surface area contributed by atoms with Crippen LogP contribution in [0.1, 0.15) is 30.8 Å². The lowest BCUT2D eigenvalue weighted by molar-refractivity contribution is -0.138. The molecule has 180 valence electrons. The Labute approximate surface area is 222 Å². The number of amides is 1. The molecule has 0 unspecified atom stereocenters.